The first-order valence-corrected chi connectivity index (χ1v) is 8.56. The van der Waals surface area contributed by atoms with E-state index in [0.29, 0.717) is 17.0 Å². The number of aryl methyl sites for hydroxylation is 1. The molecule has 0 unspecified atom stereocenters. The molecular formula is C17H21ClN4O2. The Morgan fingerprint density at radius 1 is 1.33 bits per heavy atom. The van der Waals surface area contributed by atoms with Crippen molar-refractivity contribution in [2.45, 2.75) is 32.6 Å². The van der Waals surface area contributed by atoms with Gasteiger partial charge in [-0.1, -0.05) is 22.9 Å². The molecule has 2 aromatic rings. The number of anilines is 2. The highest BCUT2D eigenvalue weighted by Crippen LogP contribution is 2.48. The molecule has 1 aliphatic heterocycles. The Balaban J connectivity index is 1.43. The smallest absolute Gasteiger partial charge is 0.177 e. The topological polar surface area (TPSA) is 52.4 Å². The van der Waals surface area contributed by atoms with E-state index < -0.39 is 0 Å². The highest BCUT2D eigenvalue weighted by atomic mass is 35.5. The van der Waals surface area contributed by atoms with Gasteiger partial charge in [-0.3, -0.25) is 0 Å². The molecule has 24 heavy (non-hydrogen) atoms. The highest BCUT2D eigenvalue weighted by Gasteiger charge is 2.46. The summed E-state index contributed by atoms with van der Waals surface area (Å²) in [5.41, 5.74) is 2.45. The Labute approximate surface area is 146 Å². The highest BCUT2D eigenvalue weighted by molar-refractivity contribution is 6.30. The summed E-state index contributed by atoms with van der Waals surface area (Å²) in [6.45, 7) is 4.18. The SMILES string of the molecule is Cc1ccc(Cl)cc1N(C)c1cn(CC2OCC3(CC3)CO2)nn1. The van der Waals surface area contributed by atoms with Crippen LogP contribution in [-0.4, -0.2) is 41.5 Å². The Bertz CT molecular complexity index is 734. The minimum Gasteiger partial charge on any atom is -0.350 e. The van der Waals surface area contributed by atoms with Crippen molar-refractivity contribution in [2.24, 2.45) is 5.41 Å². The lowest BCUT2D eigenvalue weighted by atomic mass is 10.1. The molecule has 4 rings (SSSR count). The van der Waals surface area contributed by atoms with Gasteiger partial charge in [0.2, 0.25) is 0 Å². The molecule has 1 aliphatic carbocycles. The second kappa shape index (κ2) is 6.02. The zero-order valence-electron chi connectivity index (χ0n) is 13.9. The molecule has 1 saturated heterocycles. The third-order valence-corrected chi connectivity index (χ3v) is 5.08. The van der Waals surface area contributed by atoms with Crippen molar-refractivity contribution in [1.29, 1.82) is 0 Å². The fraction of sp³-hybridized carbons (Fsp3) is 0.529. The van der Waals surface area contributed by atoms with E-state index in [-0.39, 0.29) is 6.29 Å². The van der Waals surface area contributed by atoms with Gasteiger partial charge in [0.15, 0.2) is 12.1 Å². The summed E-state index contributed by atoms with van der Waals surface area (Å²) < 4.78 is 13.4. The molecule has 1 saturated carbocycles. The Kier molecular flexibility index (Phi) is 3.98. The number of aromatic nitrogens is 3. The minimum absolute atomic E-state index is 0.246. The van der Waals surface area contributed by atoms with Crippen LogP contribution in [0.2, 0.25) is 5.02 Å². The first-order chi connectivity index (χ1) is 11.5. The number of benzene rings is 1. The molecule has 2 fully saturated rings. The van der Waals surface area contributed by atoms with E-state index in [9.17, 15) is 0 Å². The van der Waals surface area contributed by atoms with Crippen LogP contribution < -0.4 is 4.90 Å². The van der Waals surface area contributed by atoms with E-state index >= 15 is 0 Å². The maximum Gasteiger partial charge on any atom is 0.177 e. The van der Waals surface area contributed by atoms with E-state index in [1.807, 2.05) is 43.3 Å². The Morgan fingerprint density at radius 3 is 2.79 bits per heavy atom. The predicted molar refractivity (Wildman–Crippen MR) is 91.6 cm³/mol. The van der Waals surface area contributed by atoms with Crippen LogP contribution in [0.5, 0.6) is 0 Å². The van der Waals surface area contributed by atoms with Gasteiger partial charge in [0.1, 0.15) is 0 Å². The van der Waals surface area contributed by atoms with Crippen LogP contribution in [0, 0.1) is 12.3 Å². The van der Waals surface area contributed by atoms with Crippen molar-refractivity contribution < 1.29 is 9.47 Å². The summed E-state index contributed by atoms with van der Waals surface area (Å²) >= 11 is 6.11. The van der Waals surface area contributed by atoms with Crippen LogP contribution in [-0.2, 0) is 16.0 Å². The van der Waals surface area contributed by atoms with E-state index in [0.717, 1.165) is 30.3 Å². The number of hydrogen-bond donors (Lipinski definition) is 0. The molecular weight excluding hydrogens is 328 g/mol. The molecule has 1 aromatic carbocycles. The molecule has 0 radical (unpaired) electrons. The fourth-order valence-corrected chi connectivity index (χ4v) is 3.12. The molecule has 7 heteroatoms. The average molecular weight is 349 g/mol. The summed E-state index contributed by atoms with van der Waals surface area (Å²) in [6.07, 6.45) is 4.09. The van der Waals surface area contributed by atoms with Crippen molar-refractivity contribution in [3.8, 4) is 0 Å². The van der Waals surface area contributed by atoms with Crippen molar-refractivity contribution in [3.05, 3.63) is 35.0 Å². The molecule has 128 valence electrons. The van der Waals surface area contributed by atoms with Crippen LogP contribution in [0.25, 0.3) is 0 Å². The van der Waals surface area contributed by atoms with E-state index in [1.54, 1.807) is 4.68 Å². The summed E-state index contributed by atoms with van der Waals surface area (Å²) in [7, 11) is 1.96. The van der Waals surface area contributed by atoms with Gasteiger partial charge in [-0.25, -0.2) is 4.68 Å². The maximum atomic E-state index is 6.11. The van der Waals surface area contributed by atoms with Gasteiger partial charge < -0.3 is 14.4 Å². The molecule has 2 heterocycles. The number of halogens is 1. The molecule has 0 bridgehead atoms. The summed E-state index contributed by atoms with van der Waals surface area (Å²) in [6, 6.07) is 5.81. The minimum atomic E-state index is -0.246. The van der Waals surface area contributed by atoms with E-state index in [1.165, 1.54) is 12.8 Å². The van der Waals surface area contributed by atoms with E-state index in [4.69, 9.17) is 21.1 Å². The second-order valence-electron chi connectivity index (χ2n) is 6.84. The van der Waals surface area contributed by atoms with Crippen LogP contribution in [0.15, 0.2) is 24.4 Å². The van der Waals surface area contributed by atoms with Crippen molar-refractivity contribution in [2.75, 3.05) is 25.2 Å². The average Bonchev–Trinajstić information content (AvgIpc) is 3.17. The second-order valence-corrected chi connectivity index (χ2v) is 7.28. The lowest BCUT2D eigenvalue weighted by Gasteiger charge is -2.29. The summed E-state index contributed by atoms with van der Waals surface area (Å²) in [5, 5.41) is 9.15. The molecule has 2 aliphatic rings. The molecule has 0 atom stereocenters. The van der Waals surface area contributed by atoms with Crippen molar-refractivity contribution in [1.82, 2.24) is 15.0 Å². The van der Waals surface area contributed by atoms with Crippen LogP contribution in [0.3, 0.4) is 0 Å². The zero-order valence-corrected chi connectivity index (χ0v) is 14.7. The largest absolute Gasteiger partial charge is 0.350 e. The van der Waals surface area contributed by atoms with Crippen LogP contribution in [0.1, 0.15) is 18.4 Å². The standard InChI is InChI=1S/C17H21ClN4O2/c1-12-3-4-13(18)7-14(12)21(2)15-8-22(20-19-15)9-16-23-10-17(5-6-17)11-24-16/h3-4,7-8,16H,5-6,9-11H2,1-2H3. The van der Waals surface area contributed by atoms with Crippen molar-refractivity contribution in [3.63, 3.8) is 0 Å². The van der Waals surface area contributed by atoms with Gasteiger partial charge in [-0.05, 0) is 37.5 Å². The Morgan fingerprint density at radius 2 is 2.08 bits per heavy atom. The molecule has 0 N–H and O–H groups in total. The van der Waals surface area contributed by atoms with E-state index in [2.05, 4.69) is 10.3 Å². The Hall–Kier alpha value is -1.63. The van der Waals surface area contributed by atoms with Gasteiger partial charge in [0, 0.05) is 23.2 Å². The molecule has 6 nitrogen and oxygen atoms in total. The van der Waals surface area contributed by atoms with Gasteiger partial charge in [0.05, 0.1) is 26.0 Å². The van der Waals surface area contributed by atoms with Gasteiger partial charge in [-0.2, -0.15) is 0 Å². The number of hydrogen-bond acceptors (Lipinski definition) is 5. The first-order valence-electron chi connectivity index (χ1n) is 8.18. The third kappa shape index (κ3) is 3.14. The van der Waals surface area contributed by atoms with Crippen LogP contribution in [0.4, 0.5) is 11.5 Å². The maximum absolute atomic E-state index is 6.11. The lowest BCUT2D eigenvalue weighted by Crippen LogP contribution is -2.36. The van der Waals surface area contributed by atoms with Gasteiger partial charge in [0.25, 0.3) is 0 Å². The third-order valence-electron chi connectivity index (χ3n) is 4.85. The fourth-order valence-electron chi connectivity index (χ4n) is 2.95. The predicted octanol–water partition coefficient (Wildman–Crippen LogP) is 3.16. The van der Waals surface area contributed by atoms with Gasteiger partial charge in [-0.15, -0.1) is 5.10 Å². The van der Waals surface area contributed by atoms with Gasteiger partial charge >= 0.3 is 0 Å². The quantitative estimate of drug-likeness (QED) is 0.849. The normalized spacial score (nSPS) is 19.6. The van der Waals surface area contributed by atoms with Crippen LogP contribution >= 0.6 is 11.6 Å². The molecule has 1 spiro atoms. The zero-order chi connectivity index (χ0) is 16.7. The summed E-state index contributed by atoms with van der Waals surface area (Å²) in [4.78, 5) is 1.98. The summed E-state index contributed by atoms with van der Waals surface area (Å²) in [5.74, 6) is 0.759. The monoisotopic (exact) mass is 348 g/mol. The lowest BCUT2D eigenvalue weighted by molar-refractivity contribution is -0.213. The number of rotatable bonds is 4. The number of ether oxygens (including phenoxy) is 2. The molecule has 1 aromatic heterocycles. The number of nitrogens with zero attached hydrogens (tertiary/aromatic N) is 4. The van der Waals surface area contributed by atoms with Crippen molar-refractivity contribution >= 4 is 23.1 Å². The first kappa shape index (κ1) is 15.9. The molecule has 0 amide bonds.